The van der Waals surface area contributed by atoms with Crippen LogP contribution in [0.15, 0.2) is 18.7 Å². The van der Waals surface area contributed by atoms with Gasteiger partial charge in [-0.15, -0.1) is 10.2 Å². The Morgan fingerprint density at radius 3 is 2.58 bits per heavy atom. The molecule has 0 aliphatic heterocycles. The third kappa shape index (κ3) is 4.65. The van der Waals surface area contributed by atoms with Crippen LogP contribution in [0.1, 0.15) is 32.2 Å². The number of aryl methyl sites for hydroxylation is 1. The third-order valence-corrected chi connectivity index (χ3v) is 3.53. The van der Waals surface area contributed by atoms with Crippen molar-refractivity contribution in [3.63, 3.8) is 0 Å². The van der Waals surface area contributed by atoms with Gasteiger partial charge in [0, 0.05) is 29.9 Å². The average Bonchev–Trinajstić information content (AvgIpc) is 2.83. The SMILES string of the molecule is CC(C)(C)NCCCc1nnc(-c2cncnc2)s1. The van der Waals surface area contributed by atoms with E-state index in [1.54, 1.807) is 23.7 Å². The van der Waals surface area contributed by atoms with E-state index in [-0.39, 0.29) is 5.54 Å². The average molecular weight is 277 g/mol. The van der Waals surface area contributed by atoms with Gasteiger partial charge in [-0.2, -0.15) is 0 Å². The lowest BCUT2D eigenvalue weighted by Crippen LogP contribution is -2.36. The lowest BCUT2D eigenvalue weighted by molar-refractivity contribution is 0.422. The van der Waals surface area contributed by atoms with Gasteiger partial charge in [0.05, 0.1) is 0 Å². The van der Waals surface area contributed by atoms with Crippen molar-refractivity contribution in [3.05, 3.63) is 23.7 Å². The van der Waals surface area contributed by atoms with E-state index in [1.165, 1.54) is 6.33 Å². The maximum Gasteiger partial charge on any atom is 0.150 e. The zero-order chi connectivity index (χ0) is 13.7. The largest absolute Gasteiger partial charge is 0.312 e. The van der Waals surface area contributed by atoms with Crippen LogP contribution in [0.4, 0.5) is 0 Å². The van der Waals surface area contributed by atoms with E-state index in [2.05, 4.69) is 46.3 Å². The molecule has 0 bridgehead atoms. The maximum atomic E-state index is 4.21. The lowest BCUT2D eigenvalue weighted by Gasteiger charge is -2.20. The fourth-order valence-corrected chi connectivity index (χ4v) is 2.44. The van der Waals surface area contributed by atoms with Gasteiger partial charge < -0.3 is 5.32 Å². The first-order valence-corrected chi connectivity index (χ1v) is 7.19. The van der Waals surface area contributed by atoms with Crippen molar-refractivity contribution in [1.29, 1.82) is 0 Å². The second-order valence-electron chi connectivity index (χ2n) is 5.41. The van der Waals surface area contributed by atoms with Crippen LogP contribution in [0.5, 0.6) is 0 Å². The Bertz CT molecular complexity index is 503. The second kappa shape index (κ2) is 6.16. The smallest absolute Gasteiger partial charge is 0.150 e. The Morgan fingerprint density at radius 1 is 1.16 bits per heavy atom. The molecule has 2 aromatic rings. The highest BCUT2D eigenvalue weighted by molar-refractivity contribution is 7.14. The maximum absolute atomic E-state index is 4.21. The Hall–Kier alpha value is -1.40. The highest BCUT2D eigenvalue weighted by Crippen LogP contribution is 2.22. The molecule has 5 nitrogen and oxygen atoms in total. The molecule has 2 aromatic heterocycles. The molecule has 0 atom stereocenters. The zero-order valence-corrected chi connectivity index (χ0v) is 12.4. The van der Waals surface area contributed by atoms with Crippen LogP contribution >= 0.6 is 11.3 Å². The number of rotatable bonds is 5. The number of nitrogens with zero attached hydrogens (tertiary/aromatic N) is 4. The Labute approximate surface area is 117 Å². The molecule has 102 valence electrons. The standard InChI is InChI=1S/C13H19N5S/c1-13(2,3)16-6-4-5-11-17-18-12(19-11)10-7-14-9-15-8-10/h7-9,16H,4-6H2,1-3H3. The molecule has 0 saturated carbocycles. The Balaban J connectivity index is 1.85. The summed E-state index contributed by atoms with van der Waals surface area (Å²) in [5.74, 6) is 0. The fraction of sp³-hybridized carbons (Fsp3) is 0.538. The molecule has 0 spiro atoms. The molecule has 6 heteroatoms. The van der Waals surface area contributed by atoms with Gasteiger partial charge in [-0.05, 0) is 33.7 Å². The van der Waals surface area contributed by atoms with Crippen molar-refractivity contribution in [3.8, 4) is 10.6 Å². The summed E-state index contributed by atoms with van der Waals surface area (Å²) in [6.07, 6.45) is 7.06. The lowest BCUT2D eigenvalue weighted by atomic mass is 10.1. The van der Waals surface area contributed by atoms with E-state index in [0.29, 0.717) is 0 Å². The van der Waals surface area contributed by atoms with E-state index in [1.807, 2.05) is 0 Å². The summed E-state index contributed by atoms with van der Waals surface area (Å²) >= 11 is 1.61. The van der Waals surface area contributed by atoms with E-state index in [0.717, 1.165) is 35.0 Å². The van der Waals surface area contributed by atoms with Crippen molar-refractivity contribution in [2.45, 2.75) is 39.2 Å². The first kappa shape index (κ1) is 14.0. The van der Waals surface area contributed by atoms with Gasteiger partial charge in [0.25, 0.3) is 0 Å². The van der Waals surface area contributed by atoms with Crippen LogP contribution in [0.3, 0.4) is 0 Å². The minimum atomic E-state index is 0.174. The van der Waals surface area contributed by atoms with Gasteiger partial charge >= 0.3 is 0 Å². The Morgan fingerprint density at radius 2 is 1.89 bits per heavy atom. The molecular weight excluding hydrogens is 258 g/mol. The van der Waals surface area contributed by atoms with Gasteiger partial charge in [-0.1, -0.05) is 11.3 Å². The van der Waals surface area contributed by atoms with Crippen LogP contribution < -0.4 is 5.32 Å². The van der Waals surface area contributed by atoms with E-state index in [4.69, 9.17) is 0 Å². The highest BCUT2D eigenvalue weighted by atomic mass is 32.1. The molecule has 0 saturated heterocycles. The molecule has 0 fully saturated rings. The molecule has 2 rings (SSSR count). The molecule has 0 aliphatic carbocycles. The van der Waals surface area contributed by atoms with E-state index in [9.17, 15) is 0 Å². The normalized spacial score (nSPS) is 11.7. The molecular formula is C13H19N5S. The molecule has 0 aromatic carbocycles. The summed E-state index contributed by atoms with van der Waals surface area (Å²) < 4.78 is 0. The summed E-state index contributed by atoms with van der Waals surface area (Å²) in [7, 11) is 0. The van der Waals surface area contributed by atoms with Gasteiger partial charge in [0.1, 0.15) is 11.3 Å². The summed E-state index contributed by atoms with van der Waals surface area (Å²) in [6.45, 7) is 7.51. The fourth-order valence-electron chi connectivity index (χ4n) is 1.58. The zero-order valence-electron chi connectivity index (χ0n) is 11.6. The number of aromatic nitrogens is 4. The van der Waals surface area contributed by atoms with Crippen LogP contribution in [-0.4, -0.2) is 32.2 Å². The summed E-state index contributed by atoms with van der Waals surface area (Å²) in [5, 5.41) is 13.8. The summed E-state index contributed by atoms with van der Waals surface area (Å²) in [6, 6.07) is 0. The minimum absolute atomic E-state index is 0.174. The third-order valence-electron chi connectivity index (χ3n) is 2.50. The Kier molecular flexibility index (Phi) is 4.55. The van der Waals surface area contributed by atoms with Crippen LogP contribution in [0.2, 0.25) is 0 Å². The van der Waals surface area contributed by atoms with Gasteiger partial charge in [0.15, 0.2) is 5.01 Å². The van der Waals surface area contributed by atoms with Crippen LogP contribution in [-0.2, 0) is 6.42 Å². The molecule has 19 heavy (non-hydrogen) atoms. The molecule has 2 heterocycles. The van der Waals surface area contributed by atoms with E-state index >= 15 is 0 Å². The number of hydrogen-bond donors (Lipinski definition) is 1. The molecule has 1 N–H and O–H groups in total. The van der Waals surface area contributed by atoms with Crippen molar-refractivity contribution in [1.82, 2.24) is 25.5 Å². The first-order valence-electron chi connectivity index (χ1n) is 6.37. The van der Waals surface area contributed by atoms with Crippen LogP contribution in [0, 0.1) is 0 Å². The predicted octanol–water partition coefficient (Wildman–Crippen LogP) is 2.32. The highest BCUT2D eigenvalue weighted by Gasteiger charge is 2.09. The van der Waals surface area contributed by atoms with Crippen molar-refractivity contribution < 1.29 is 0 Å². The molecule has 0 unspecified atom stereocenters. The van der Waals surface area contributed by atoms with Crippen molar-refractivity contribution in [2.75, 3.05) is 6.54 Å². The summed E-state index contributed by atoms with van der Waals surface area (Å²) in [5.41, 5.74) is 1.10. The monoisotopic (exact) mass is 277 g/mol. The van der Waals surface area contributed by atoms with Gasteiger partial charge in [-0.25, -0.2) is 9.97 Å². The van der Waals surface area contributed by atoms with Crippen molar-refractivity contribution in [2.24, 2.45) is 0 Å². The number of nitrogens with one attached hydrogen (secondary N) is 1. The predicted molar refractivity (Wildman–Crippen MR) is 77.0 cm³/mol. The minimum Gasteiger partial charge on any atom is -0.312 e. The molecule has 0 aliphatic rings. The summed E-state index contributed by atoms with van der Waals surface area (Å²) in [4.78, 5) is 7.98. The second-order valence-corrected chi connectivity index (χ2v) is 6.47. The first-order chi connectivity index (χ1) is 9.04. The quantitative estimate of drug-likeness (QED) is 0.850. The van der Waals surface area contributed by atoms with Crippen LogP contribution in [0.25, 0.3) is 10.6 Å². The van der Waals surface area contributed by atoms with Crippen molar-refractivity contribution >= 4 is 11.3 Å². The van der Waals surface area contributed by atoms with E-state index < -0.39 is 0 Å². The van der Waals surface area contributed by atoms with Gasteiger partial charge in [-0.3, -0.25) is 0 Å². The number of hydrogen-bond acceptors (Lipinski definition) is 6. The molecule has 0 amide bonds. The molecule has 0 radical (unpaired) electrons. The topological polar surface area (TPSA) is 63.6 Å². The van der Waals surface area contributed by atoms with Gasteiger partial charge in [0.2, 0.25) is 0 Å².